The molecule has 138 valence electrons. The molecule has 2 N–H and O–H groups in total. The summed E-state index contributed by atoms with van der Waals surface area (Å²) in [6, 6.07) is 12.0. The van der Waals surface area contributed by atoms with Gasteiger partial charge in [0.25, 0.3) is 5.91 Å². The van der Waals surface area contributed by atoms with Gasteiger partial charge in [-0.15, -0.1) is 0 Å². The van der Waals surface area contributed by atoms with E-state index in [1.807, 2.05) is 56.6 Å². The summed E-state index contributed by atoms with van der Waals surface area (Å²) < 4.78 is 2.06. The molecular weight excluding hydrogens is 350 g/mol. The number of fused-ring (bicyclic) bond motifs is 2. The Labute approximate surface area is 162 Å². The third-order valence-electron chi connectivity index (χ3n) is 5.08. The fraction of sp³-hybridized carbons (Fsp3) is 0.136. The summed E-state index contributed by atoms with van der Waals surface area (Å²) in [5.41, 5.74) is 7.53. The maximum atomic E-state index is 12.6. The molecule has 3 aromatic heterocycles. The van der Waals surface area contributed by atoms with Crippen molar-refractivity contribution in [2.75, 3.05) is 5.32 Å². The van der Waals surface area contributed by atoms with Crippen LogP contribution in [0.3, 0.4) is 0 Å². The minimum Gasteiger partial charge on any atom is -0.348 e. The molecule has 0 aliphatic carbocycles. The van der Waals surface area contributed by atoms with Crippen molar-refractivity contribution in [3.8, 4) is 11.3 Å². The maximum Gasteiger partial charge on any atom is 0.254 e. The highest BCUT2D eigenvalue weighted by Crippen LogP contribution is 2.35. The van der Waals surface area contributed by atoms with Crippen LogP contribution in [0.5, 0.6) is 0 Å². The number of carbonyl (C=O) groups is 1. The molecule has 0 atom stereocenters. The highest BCUT2D eigenvalue weighted by atomic mass is 16.1. The molecule has 6 heteroatoms. The number of imidazole rings is 1. The predicted molar refractivity (Wildman–Crippen MR) is 109 cm³/mol. The zero-order chi connectivity index (χ0) is 19.3. The zero-order valence-corrected chi connectivity index (χ0v) is 15.7. The first-order valence-corrected chi connectivity index (χ1v) is 9.18. The molecule has 0 saturated carbocycles. The molecule has 4 heterocycles. The fourth-order valence-electron chi connectivity index (χ4n) is 3.65. The lowest BCUT2D eigenvalue weighted by atomic mass is 9.99. The average Bonchev–Trinajstić information content (AvgIpc) is 3.28. The molecule has 28 heavy (non-hydrogen) atoms. The van der Waals surface area contributed by atoms with E-state index in [-0.39, 0.29) is 5.91 Å². The van der Waals surface area contributed by atoms with Gasteiger partial charge in [0.15, 0.2) is 0 Å². The Kier molecular flexibility index (Phi) is 3.65. The van der Waals surface area contributed by atoms with Gasteiger partial charge in [0.05, 0.1) is 23.1 Å². The molecule has 0 bridgehead atoms. The third-order valence-corrected chi connectivity index (χ3v) is 5.08. The van der Waals surface area contributed by atoms with Crippen LogP contribution in [0.2, 0.25) is 0 Å². The highest BCUT2D eigenvalue weighted by Gasteiger charge is 2.27. The van der Waals surface area contributed by atoms with Gasteiger partial charge in [-0.3, -0.25) is 9.20 Å². The Balaban J connectivity index is 1.63. The molecular formula is C22H19N5O. The number of rotatable bonds is 3. The monoisotopic (exact) mass is 369 g/mol. The van der Waals surface area contributed by atoms with Crippen molar-refractivity contribution in [3.05, 3.63) is 77.2 Å². The fourth-order valence-corrected chi connectivity index (χ4v) is 3.65. The van der Waals surface area contributed by atoms with Gasteiger partial charge < -0.3 is 10.6 Å². The number of aryl methyl sites for hydroxylation is 2. The summed E-state index contributed by atoms with van der Waals surface area (Å²) in [5.74, 6) is 0.640. The van der Waals surface area contributed by atoms with E-state index >= 15 is 0 Å². The topological polar surface area (TPSA) is 71.3 Å². The second kappa shape index (κ2) is 6.20. The summed E-state index contributed by atoms with van der Waals surface area (Å²) in [5, 5.41) is 6.24. The molecule has 0 unspecified atom stereocenters. The van der Waals surface area contributed by atoms with Crippen molar-refractivity contribution in [2.45, 2.75) is 20.4 Å². The Hall–Kier alpha value is -3.67. The van der Waals surface area contributed by atoms with Gasteiger partial charge in [0, 0.05) is 24.5 Å². The Morgan fingerprint density at radius 2 is 1.93 bits per heavy atom. The minimum absolute atomic E-state index is 0.0730. The number of pyridine rings is 2. The summed E-state index contributed by atoms with van der Waals surface area (Å²) in [7, 11) is 0. The van der Waals surface area contributed by atoms with Gasteiger partial charge in [-0.25, -0.2) is 9.97 Å². The number of nitrogens with one attached hydrogen (secondary N) is 2. The summed E-state index contributed by atoms with van der Waals surface area (Å²) in [6.45, 7) is 4.54. The molecule has 0 saturated heterocycles. The quantitative estimate of drug-likeness (QED) is 0.573. The highest BCUT2D eigenvalue weighted by molar-refractivity contribution is 6.06. The van der Waals surface area contributed by atoms with E-state index in [0.29, 0.717) is 17.9 Å². The summed E-state index contributed by atoms with van der Waals surface area (Å²) in [4.78, 5) is 21.5. The van der Waals surface area contributed by atoms with Crippen LogP contribution in [0.25, 0.3) is 16.9 Å². The smallest absolute Gasteiger partial charge is 0.254 e. The van der Waals surface area contributed by atoms with Crippen molar-refractivity contribution in [1.82, 2.24) is 19.7 Å². The third kappa shape index (κ3) is 2.62. The van der Waals surface area contributed by atoms with E-state index in [0.717, 1.165) is 39.3 Å². The van der Waals surface area contributed by atoms with Crippen LogP contribution in [0.15, 0.2) is 55.0 Å². The number of benzene rings is 1. The molecule has 6 nitrogen and oxygen atoms in total. The molecule has 0 spiro atoms. The van der Waals surface area contributed by atoms with Gasteiger partial charge in [0.2, 0.25) is 0 Å². The largest absolute Gasteiger partial charge is 0.348 e. The Bertz CT molecular complexity index is 1220. The number of hydrogen-bond acceptors (Lipinski definition) is 4. The molecule has 0 radical (unpaired) electrons. The van der Waals surface area contributed by atoms with Crippen LogP contribution >= 0.6 is 0 Å². The van der Waals surface area contributed by atoms with Crippen molar-refractivity contribution in [1.29, 1.82) is 0 Å². The van der Waals surface area contributed by atoms with Crippen LogP contribution in [-0.2, 0) is 6.54 Å². The van der Waals surface area contributed by atoms with Crippen LogP contribution < -0.4 is 10.6 Å². The molecule has 1 aliphatic rings. The van der Waals surface area contributed by atoms with Gasteiger partial charge in [-0.1, -0.05) is 12.1 Å². The van der Waals surface area contributed by atoms with E-state index < -0.39 is 0 Å². The van der Waals surface area contributed by atoms with E-state index in [2.05, 4.69) is 31.1 Å². The van der Waals surface area contributed by atoms with Gasteiger partial charge in [-0.2, -0.15) is 0 Å². The maximum absolute atomic E-state index is 12.6. The number of nitrogens with zero attached hydrogens (tertiary/aromatic N) is 3. The lowest BCUT2D eigenvalue weighted by Gasteiger charge is -2.13. The van der Waals surface area contributed by atoms with Crippen LogP contribution in [0.1, 0.15) is 27.0 Å². The van der Waals surface area contributed by atoms with Crippen LogP contribution in [-0.4, -0.2) is 20.3 Å². The minimum atomic E-state index is -0.0730. The number of carbonyl (C=O) groups excluding carboxylic acids is 1. The molecule has 0 fully saturated rings. The second-order valence-corrected chi connectivity index (χ2v) is 7.12. The molecule has 1 amide bonds. The predicted octanol–water partition coefficient (Wildman–Crippen LogP) is 4.00. The lowest BCUT2D eigenvalue weighted by Crippen LogP contribution is -2.13. The van der Waals surface area contributed by atoms with Crippen LogP contribution in [0.4, 0.5) is 11.5 Å². The van der Waals surface area contributed by atoms with Crippen molar-refractivity contribution < 1.29 is 4.79 Å². The molecule has 4 aromatic rings. The number of aromatic nitrogens is 3. The average molecular weight is 369 g/mol. The van der Waals surface area contributed by atoms with Gasteiger partial charge in [0.1, 0.15) is 11.5 Å². The molecule has 1 aromatic carbocycles. The van der Waals surface area contributed by atoms with E-state index in [4.69, 9.17) is 0 Å². The standard InChI is InChI=1S/C22H19N5O/c1-13-7-8-27-18(12-24-20(27)9-13)15-4-5-17(21-16(15)11-25-22(21)28)26-19-6-3-14(2)10-23-19/h3-10,12H,11H2,1-2H3,(H,23,26)(H,25,28). The van der Waals surface area contributed by atoms with Crippen molar-refractivity contribution in [2.24, 2.45) is 0 Å². The molecule has 5 rings (SSSR count). The Morgan fingerprint density at radius 3 is 2.75 bits per heavy atom. The van der Waals surface area contributed by atoms with E-state index in [1.165, 1.54) is 0 Å². The van der Waals surface area contributed by atoms with E-state index in [9.17, 15) is 4.79 Å². The van der Waals surface area contributed by atoms with Crippen molar-refractivity contribution >= 4 is 23.1 Å². The summed E-state index contributed by atoms with van der Waals surface area (Å²) in [6.07, 6.45) is 5.69. The van der Waals surface area contributed by atoms with Crippen molar-refractivity contribution in [3.63, 3.8) is 0 Å². The normalized spacial score (nSPS) is 12.9. The second-order valence-electron chi connectivity index (χ2n) is 7.12. The summed E-state index contributed by atoms with van der Waals surface area (Å²) >= 11 is 0. The van der Waals surface area contributed by atoms with Gasteiger partial charge in [-0.05, 0) is 54.8 Å². The molecule has 1 aliphatic heterocycles. The van der Waals surface area contributed by atoms with Gasteiger partial charge >= 0.3 is 0 Å². The van der Waals surface area contributed by atoms with Crippen LogP contribution in [0, 0.1) is 13.8 Å². The number of hydrogen-bond donors (Lipinski definition) is 2. The SMILES string of the molecule is Cc1ccc(Nc2ccc(-c3cnc4cc(C)ccn34)c3c2C(=O)NC3)nc1. The first kappa shape index (κ1) is 16.5. The number of anilines is 2. The van der Waals surface area contributed by atoms with E-state index in [1.54, 1.807) is 6.20 Å². The zero-order valence-electron chi connectivity index (χ0n) is 15.7. The first-order chi connectivity index (χ1) is 13.6. The Morgan fingerprint density at radius 1 is 1.04 bits per heavy atom. The lowest BCUT2D eigenvalue weighted by molar-refractivity contribution is 0.0966. The number of amides is 1. The first-order valence-electron chi connectivity index (χ1n) is 9.18.